The Balaban J connectivity index is 2.20. The van der Waals surface area contributed by atoms with E-state index >= 15 is 0 Å². The molecule has 0 fully saturated rings. The lowest BCUT2D eigenvalue weighted by Gasteiger charge is -2.06. The van der Waals surface area contributed by atoms with Gasteiger partial charge in [0.15, 0.2) is 5.82 Å². The summed E-state index contributed by atoms with van der Waals surface area (Å²) in [6, 6.07) is 0. The summed E-state index contributed by atoms with van der Waals surface area (Å²) in [5, 5.41) is 31.6. The summed E-state index contributed by atoms with van der Waals surface area (Å²) in [7, 11) is 1.68. The fraction of sp³-hybridized carbons (Fsp3) is 0.833. The van der Waals surface area contributed by atoms with Crippen molar-refractivity contribution < 1.29 is 10.2 Å². The van der Waals surface area contributed by atoms with E-state index < -0.39 is 6.10 Å². The van der Waals surface area contributed by atoms with Gasteiger partial charge in [-0.2, -0.15) is 4.80 Å². The molecular formula is C6H13N5O2. The largest absolute Gasteiger partial charge is 0.394 e. The first-order chi connectivity index (χ1) is 6.22. The highest BCUT2D eigenvalue weighted by molar-refractivity contribution is 4.75. The molecule has 74 valence electrons. The summed E-state index contributed by atoms with van der Waals surface area (Å²) >= 11 is 0. The van der Waals surface area contributed by atoms with E-state index in [4.69, 9.17) is 10.2 Å². The third-order valence-electron chi connectivity index (χ3n) is 1.42. The molecule has 3 N–H and O–H groups in total. The van der Waals surface area contributed by atoms with Gasteiger partial charge >= 0.3 is 0 Å². The van der Waals surface area contributed by atoms with Gasteiger partial charge in [0.1, 0.15) is 0 Å². The summed E-state index contributed by atoms with van der Waals surface area (Å²) in [6.07, 6.45) is -0.739. The Kier molecular flexibility index (Phi) is 3.74. The Hall–Kier alpha value is -1.05. The van der Waals surface area contributed by atoms with Crippen molar-refractivity contribution in [1.29, 1.82) is 0 Å². The molecule has 7 nitrogen and oxygen atoms in total. The third-order valence-corrected chi connectivity index (χ3v) is 1.42. The molecule has 1 aromatic rings. The average molecular weight is 187 g/mol. The van der Waals surface area contributed by atoms with Crippen molar-refractivity contribution in [2.45, 2.75) is 12.6 Å². The molecular weight excluding hydrogens is 174 g/mol. The lowest BCUT2D eigenvalue weighted by Crippen LogP contribution is -2.29. The van der Waals surface area contributed by atoms with Gasteiger partial charge < -0.3 is 15.5 Å². The van der Waals surface area contributed by atoms with Crippen LogP contribution < -0.4 is 5.32 Å². The predicted molar refractivity (Wildman–Crippen MR) is 43.6 cm³/mol. The molecule has 1 atom stereocenters. The van der Waals surface area contributed by atoms with Gasteiger partial charge in [0.2, 0.25) is 0 Å². The molecule has 0 aromatic carbocycles. The lowest BCUT2D eigenvalue weighted by molar-refractivity contribution is 0.0941. The van der Waals surface area contributed by atoms with E-state index in [1.165, 1.54) is 4.80 Å². The van der Waals surface area contributed by atoms with E-state index in [1.54, 1.807) is 7.05 Å². The first-order valence-corrected chi connectivity index (χ1v) is 3.95. The Bertz CT molecular complexity index is 251. The molecule has 13 heavy (non-hydrogen) atoms. The van der Waals surface area contributed by atoms with E-state index in [1.807, 2.05) is 0 Å². The van der Waals surface area contributed by atoms with Crippen LogP contribution in [0.1, 0.15) is 5.82 Å². The van der Waals surface area contributed by atoms with Gasteiger partial charge in [-0.3, -0.25) is 0 Å². The minimum atomic E-state index is -0.739. The Morgan fingerprint density at radius 2 is 2.38 bits per heavy atom. The van der Waals surface area contributed by atoms with Gasteiger partial charge in [-0.25, -0.2) is 0 Å². The Morgan fingerprint density at radius 3 is 2.92 bits per heavy atom. The first-order valence-electron chi connectivity index (χ1n) is 3.95. The number of nitrogens with one attached hydrogen (secondary N) is 1. The van der Waals surface area contributed by atoms with Crippen LogP contribution in [-0.2, 0) is 13.6 Å². The van der Waals surface area contributed by atoms with E-state index in [0.717, 1.165) is 0 Å². The topological polar surface area (TPSA) is 96.1 Å². The molecule has 0 aliphatic heterocycles. The highest BCUT2D eigenvalue weighted by Crippen LogP contribution is 1.84. The van der Waals surface area contributed by atoms with Crippen LogP contribution in [0.2, 0.25) is 0 Å². The molecule has 0 saturated heterocycles. The second kappa shape index (κ2) is 4.85. The second-order valence-electron chi connectivity index (χ2n) is 2.66. The van der Waals surface area contributed by atoms with Crippen LogP contribution in [0.3, 0.4) is 0 Å². The molecule has 0 aliphatic carbocycles. The number of nitrogens with zero attached hydrogens (tertiary/aromatic N) is 4. The smallest absolute Gasteiger partial charge is 0.188 e. The molecule has 7 heteroatoms. The minimum absolute atomic E-state index is 0.249. The number of aliphatic hydroxyl groups excluding tert-OH is 2. The molecule has 1 unspecified atom stereocenters. The van der Waals surface area contributed by atoms with Crippen LogP contribution in [0.5, 0.6) is 0 Å². The molecule has 0 amide bonds. The molecule has 0 spiro atoms. The maximum atomic E-state index is 8.97. The molecule has 1 rings (SSSR count). The zero-order valence-corrected chi connectivity index (χ0v) is 7.38. The van der Waals surface area contributed by atoms with Gasteiger partial charge in [0.25, 0.3) is 0 Å². The lowest BCUT2D eigenvalue weighted by atomic mass is 10.4. The Morgan fingerprint density at radius 1 is 1.62 bits per heavy atom. The Labute approximate surface area is 75.4 Å². The van der Waals surface area contributed by atoms with Gasteiger partial charge in [0, 0.05) is 6.54 Å². The van der Waals surface area contributed by atoms with Crippen LogP contribution in [0, 0.1) is 0 Å². The fourth-order valence-corrected chi connectivity index (χ4v) is 0.809. The zero-order chi connectivity index (χ0) is 9.68. The maximum absolute atomic E-state index is 8.97. The zero-order valence-electron chi connectivity index (χ0n) is 7.38. The summed E-state index contributed by atoms with van der Waals surface area (Å²) in [5.41, 5.74) is 0. The van der Waals surface area contributed by atoms with Crippen LogP contribution >= 0.6 is 0 Å². The number of hydrogen-bond acceptors (Lipinski definition) is 6. The third kappa shape index (κ3) is 3.45. The van der Waals surface area contributed by atoms with Gasteiger partial charge in [-0.05, 0) is 5.21 Å². The van der Waals surface area contributed by atoms with Crippen LogP contribution in [0.15, 0.2) is 0 Å². The SMILES string of the molecule is Cn1nnc(CNCC(O)CO)n1. The van der Waals surface area contributed by atoms with Crippen molar-refractivity contribution in [2.75, 3.05) is 13.2 Å². The number of tetrazole rings is 1. The van der Waals surface area contributed by atoms with Crippen molar-refractivity contribution in [1.82, 2.24) is 25.5 Å². The first kappa shape index (κ1) is 10.0. The number of aliphatic hydroxyl groups is 2. The van der Waals surface area contributed by atoms with Crippen molar-refractivity contribution in [2.24, 2.45) is 7.05 Å². The van der Waals surface area contributed by atoms with Crippen molar-refractivity contribution in [3.05, 3.63) is 5.82 Å². The minimum Gasteiger partial charge on any atom is -0.394 e. The quantitative estimate of drug-likeness (QED) is 0.478. The molecule has 1 heterocycles. The van der Waals surface area contributed by atoms with Crippen molar-refractivity contribution in [3.8, 4) is 0 Å². The van der Waals surface area contributed by atoms with E-state index in [2.05, 4.69) is 20.7 Å². The van der Waals surface area contributed by atoms with Crippen molar-refractivity contribution in [3.63, 3.8) is 0 Å². The fourth-order valence-electron chi connectivity index (χ4n) is 0.809. The standard InChI is InChI=1S/C6H13N5O2/c1-11-9-6(8-10-11)3-7-2-5(13)4-12/h5,7,12-13H,2-4H2,1H3. The molecule has 0 saturated carbocycles. The van der Waals surface area contributed by atoms with Crippen LogP contribution in [0.25, 0.3) is 0 Å². The summed E-state index contributed by atoms with van der Waals surface area (Å²) in [6.45, 7) is 0.501. The van der Waals surface area contributed by atoms with Gasteiger partial charge in [-0.15, -0.1) is 10.2 Å². The molecule has 0 aliphatic rings. The van der Waals surface area contributed by atoms with Crippen LogP contribution in [-0.4, -0.2) is 49.7 Å². The molecule has 0 radical (unpaired) electrons. The van der Waals surface area contributed by atoms with Gasteiger partial charge in [-0.1, -0.05) is 0 Å². The highest BCUT2D eigenvalue weighted by Gasteiger charge is 2.03. The van der Waals surface area contributed by atoms with E-state index in [0.29, 0.717) is 18.9 Å². The maximum Gasteiger partial charge on any atom is 0.188 e. The summed E-state index contributed by atoms with van der Waals surface area (Å²) in [4.78, 5) is 1.36. The predicted octanol–water partition coefficient (Wildman–Crippen LogP) is -2.35. The number of aromatic nitrogens is 4. The monoisotopic (exact) mass is 187 g/mol. The van der Waals surface area contributed by atoms with Gasteiger partial charge in [0.05, 0.1) is 26.3 Å². The van der Waals surface area contributed by atoms with Crippen molar-refractivity contribution >= 4 is 0 Å². The van der Waals surface area contributed by atoms with E-state index in [-0.39, 0.29) is 6.61 Å². The second-order valence-corrected chi connectivity index (χ2v) is 2.66. The van der Waals surface area contributed by atoms with Crippen LogP contribution in [0.4, 0.5) is 0 Å². The number of rotatable bonds is 5. The normalized spacial score (nSPS) is 13.2. The number of aryl methyl sites for hydroxylation is 1. The highest BCUT2D eigenvalue weighted by atomic mass is 16.3. The average Bonchev–Trinajstić information content (AvgIpc) is 2.51. The number of hydrogen-bond donors (Lipinski definition) is 3. The summed E-state index contributed by atoms with van der Waals surface area (Å²) < 4.78 is 0. The molecule has 0 bridgehead atoms. The van der Waals surface area contributed by atoms with E-state index in [9.17, 15) is 0 Å². The summed E-state index contributed by atoms with van der Waals surface area (Å²) in [5.74, 6) is 0.563. The molecule has 1 aromatic heterocycles.